The van der Waals surface area contributed by atoms with Crippen LogP contribution in [-0.4, -0.2) is 15.0 Å². The Morgan fingerprint density at radius 1 is 0.619 bits per heavy atom. The van der Waals surface area contributed by atoms with Gasteiger partial charge < -0.3 is 10.1 Å². The van der Waals surface area contributed by atoms with Gasteiger partial charge in [0.25, 0.3) is 0 Å². The molecule has 42 heavy (non-hydrogen) atoms. The van der Waals surface area contributed by atoms with E-state index in [1.54, 1.807) is 12.1 Å². The number of hydrogen-bond acceptors (Lipinski definition) is 4. The Labute approximate surface area is 249 Å². The molecule has 0 amide bonds. The molecule has 0 saturated carbocycles. The average Bonchev–Trinajstić information content (AvgIpc) is 3.02. The van der Waals surface area contributed by atoms with Gasteiger partial charge in [-0.2, -0.15) is 0 Å². The van der Waals surface area contributed by atoms with Crippen LogP contribution in [0.1, 0.15) is 40.8 Å². The van der Waals surface area contributed by atoms with Crippen molar-refractivity contribution in [3.05, 3.63) is 162 Å². The zero-order valence-electron chi connectivity index (χ0n) is 23.7. The highest BCUT2D eigenvalue weighted by Gasteiger charge is 2.29. The van der Waals surface area contributed by atoms with Gasteiger partial charge in [-0.15, -0.1) is 0 Å². The van der Waals surface area contributed by atoms with Crippen molar-refractivity contribution in [2.45, 2.75) is 36.7 Å². The van der Waals surface area contributed by atoms with Crippen molar-refractivity contribution < 1.29 is 13.2 Å². The number of sulfonamides is 1. The predicted octanol–water partition coefficient (Wildman–Crippen LogP) is 7.77. The SMILES string of the molecule is Cc1ccc(S(=O)(=O)N[C@H](c2ccccc2)[C@@H](NCCCc2ccc(Oc3ccccc3)cc2)c2ccccc2)cc1. The number of hydrogen-bond donors (Lipinski definition) is 2. The molecule has 0 unspecified atom stereocenters. The minimum absolute atomic E-state index is 0.250. The Kier molecular flexibility index (Phi) is 9.82. The van der Waals surface area contributed by atoms with Crippen molar-refractivity contribution >= 4 is 10.0 Å². The fraction of sp³-hybridized carbons (Fsp3) is 0.167. The van der Waals surface area contributed by atoms with Crippen molar-refractivity contribution in [3.63, 3.8) is 0 Å². The van der Waals surface area contributed by atoms with E-state index in [-0.39, 0.29) is 10.9 Å². The predicted molar refractivity (Wildman–Crippen MR) is 169 cm³/mol. The molecule has 0 bridgehead atoms. The Morgan fingerprint density at radius 3 is 1.74 bits per heavy atom. The lowest BCUT2D eigenvalue weighted by Crippen LogP contribution is -2.39. The maximum Gasteiger partial charge on any atom is 0.241 e. The zero-order valence-corrected chi connectivity index (χ0v) is 24.5. The molecular formula is C36H36N2O3S. The van der Waals surface area contributed by atoms with Crippen LogP contribution in [0.15, 0.2) is 144 Å². The number of aryl methyl sites for hydroxylation is 2. The van der Waals surface area contributed by atoms with E-state index in [1.165, 1.54) is 5.56 Å². The molecule has 0 aliphatic rings. The zero-order chi connectivity index (χ0) is 29.2. The van der Waals surface area contributed by atoms with Crippen molar-refractivity contribution in [1.29, 1.82) is 0 Å². The molecule has 0 fully saturated rings. The molecule has 0 aliphatic heterocycles. The van der Waals surface area contributed by atoms with Crippen LogP contribution in [-0.2, 0) is 16.4 Å². The van der Waals surface area contributed by atoms with Crippen LogP contribution in [0.3, 0.4) is 0 Å². The van der Waals surface area contributed by atoms with Crippen LogP contribution in [0, 0.1) is 6.92 Å². The van der Waals surface area contributed by atoms with Crippen LogP contribution < -0.4 is 14.8 Å². The molecular weight excluding hydrogens is 540 g/mol. The summed E-state index contributed by atoms with van der Waals surface area (Å²) in [4.78, 5) is 0.250. The number of benzene rings is 5. The molecule has 0 radical (unpaired) electrons. The van der Waals surface area contributed by atoms with Gasteiger partial charge >= 0.3 is 0 Å². The van der Waals surface area contributed by atoms with Gasteiger partial charge in [0.1, 0.15) is 11.5 Å². The minimum Gasteiger partial charge on any atom is -0.457 e. The van der Waals surface area contributed by atoms with Crippen LogP contribution in [0.2, 0.25) is 0 Å². The van der Waals surface area contributed by atoms with Crippen molar-refractivity contribution in [1.82, 2.24) is 10.0 Å². The summed E-state index contributed by atoms with van der Waals surface area (Å²) in [6, 6.07) is 43.9. The van der Waals surface area contributed by atoms with Gasteiger partial charge in [-0.1, -0.05) is 109 Å². The molecule has 5 rings (SSSR count). The van der Waals surface area contributed by atoms with Gasteiger partial charge in [0.2, 0.25) is 10.0 Å². The topological polar surface area (TPSA) is 67.4 Å². The maximum absolute atomic E-state index is 13.6. The number of nitrogens with one attached hydrogen (secondary N) is 2. The van der Waals surface area contributed by atoms with E-state index in [1.807, 2.05) is 122 Å². The lowest BCUT2D eigenvalue weighted by molar-refractivity contribution is 0.420. The Balaban J connectivity index is 1.30. The molecule has 0 aliphatic carbocycles. The van der Waals surface area contributed by atoms with Crippen molar-refractivity contribution in [2.24, 2.45) is 0 Å². The van der Waals surface area contributed by atoms with E-state index in [4.69, 9.17) is 4.74 Å². The summed E-state index contributed by atoms with van der Waals surface area (Å²) >= 11 is 0. The molecule has 0 aromatic heterocycles. The van der Waals surface area contributed by atoms with E-state index in [2.05, 4.69) is 22.2 Å². The van der Waals surface area contributed by atoms with Gasteiger partial charge in [-0.25, -0.2) is 13.1 Å². The molecule has 0 saturated heterocycles. The summed E-state index contributed by atoms with van der Waals surface area (Å²) in [5, 5.41) is 3.68. The summed E-state index contributed by atoms with van der Waals surface area (Å²) in [5.74, 6) is 1.62. The Hall–Kier alpha value is -4.23. The third-order valence-electron chi connectivity index (χ3n) is 7.17. The molecule has 5 aromatic rings. The Bertz CT molecular complexity index is 1630. The molecule has 2 N–H and O–H groups in total. The van der Waals surface area contributed by atoms with Crippen molar-refractivity contribution in [2.75, 3.05) is 6.54 Å². The maximum atomic E-state index is 13.6. The fourth-order valence-corrected chi connectivity index (χ4v) is 6.17. The minimum atomic E-state index is -3.78. The van der Waals surface area contributed by atoms with Gasteiger partial charge in [0.15, 0.2) is 0 Å². The molecule has 214 valence electrons. The Morgan fingerprint density at radius 2 is 1.14 bits per heavy atom. The van der Waals surface area contributed by atoms with Gasteiger partial charge in [0, 0.05) is 0 Å². The smallest absolute Gasteiger partial charge is 0.241 e. The second kappa shape index (κ2) is 14.1. The van der Waals surface area contributed by atoms with E-state index in [0.717, 1.165) is 41.0 Å². The van der Waals surface area contributed by atoms with E-state index >= 15 is 0 Å². The lowest BCUT2D eigenvalue weighted by atomic mass is 9.94. The van der Waals surface area contributed by atoms with Gasteiger partial charge in [0.05, 0.1) is 17.0 Å². The first-order valence-corrected chi connectivity index (χ1v) is 15.7. The van der Waals surface area contributed by atoms with Crippen molar-refractivity contribution in [3.8, 4) is 11.5 Å². The standard InChI is InChI=1S/C36H36N2O3S/c1-28-19-25-34(26-20-28)42(39,40)38-36(31-15-7-3-8-16-31)35(30-13-5-2-6-14-30)37-27-11-12-29-21-23-33(24-22-29)41-32-17-9-4-10-18-32/h2-10,13-26,35-38H,11-12,27H2,1H3/t35-,36+/m0/s1. The number of ether oxygens (including phenoxy) is 1. The fourth-order valence-electron chi connectivity index (χ4n) is 4.93. The van der Waals surface area contributed by atoms with Crippen LogP contribution >= 0.6 is 0 Å². The van der Waals surface area contributed by atoms with E-state index in [9.17, 15) is 8.42 Å². The van der Waals surface area contributed by atoms with Crippen LogP contribution in [0.25, 0.3) is 0 Å². The summed E-state index contributed by atoms with van der Waals surface area (Å²) in [6.07, 6.45) is 1.76. The first-order chi connectivity index (χ1) is 20.5. The monoisotopic (exact) mass is 576 g/mol. The van der Waals surface area contributed by atoms with E-state index in [0.29, 0.717) is 6.54 Å². The van der Waals surface area contributed by atoms with Crippen LogP contribution in [0.5, 0.6) is 11.5 Å². The second-order valence-corrected chi connectivity index (χ2v) is 12.0. The van der Waals surface area contributed by atoms with E-state index < -0.39 is 16.1 Å². The summed E-state index contributed by atoms with van der Waals surface area (Å²) in [6.45, 7) is 2.65. The highest BCUT2D eigenvalue weighted by atomic mass is 32.2. The number of para-hydroxylation sites is 1. The molecule has 6 heteroatoms. The third-order valence-corrected chi connectivity index (χ3v) is 8.63. The second-order valence-electron chi connectivity index (χ2n) is 10.3. The highest BCUT2D eigenvalue weighted by molar-refractivity contribution is 7.89. The summed E-state index contributed by atoms with van der Waals surface area (Å²) in [5.41, 5.74) is 4.13. The highest BCUT2D eigenvalue weighted by Crippen LogP contribution is 2.31. The molecule has 5 aromatic carbocycles. The van der Waals surface area contributed by atoms with Gasteiger partial charge in [-0.05, 0) is 79.4 Å². The van der Waals surface area contributed by atoms with Gasteiger partial charge in [-0.3, -0.25) is 0 Å². The largest absolute Gasteiger partial charge is 0.457 e. The normalized spacial score (nSPS) is 12.9. The molecule has 0 spiro atoms. The third kappa shape index (κ3) is 7.95. The summed E-state index contributed by atoms with van der Waals surface area (Å²) < 4.78 is 36.1. The molecule has 0 heterocycles. The first kappa shape index (κ1) is 29.3. The molecule has 5 nitrogen and oxygen atoms in total. The number of rotatable bonds is 13. The van der Waals surface area contributed by atoms with Crippen LogP contribution in [0.4, 0.5) is 0 Å². The first-order valence-electron chi connectivity index (χ1n) is 14.2. The summed E-state index contributed by atoms with van der Waals surface area (Å²) in [7, 11) is -3.78. The molecule has 2 atom stereocenters. The lowest BCUT2D eigenvalue weighted by Gasteiger charge is -2.30. The quantitative estimate of drug-likeness (QED) is 0.141. The average molecular weight is 577 g/mol.